The van der Waals surface area contributed by atoms with E-state index < -0.39 is 22.1 Å². The van der Waals surface area contributed by atoms with Crippen LogP contribution in [0.4, 0.5) is 0 Å². The predicted octanol–water partition coefficient (Wildman–Crippen LogP) is -0.425. The fourth-order valence-electron chi connectivity index (χ4n) is 1.73. The molecule has 8 heteroatoms. The van der Waals surface area contributed by atoms with Crippen LogP contribution in [-0.4, -0.2) is 57.7 Å². The van der Waals surface area contributed by atoms with Crippen molar-refractivity contribution in [1.82, 2.24) is 4.72 Å². The van der Waals surface area contributed by atoms with E-state index in [9.17, 15) is 13.2 Å². The lowest BCUT2D eigenvalue weighted by molar-refractivity contribution is -0.139. The molecule has 18 heavy (non-hydrogen) atoms. The van der Waals surface area contributed by atoms with Gasteiger partial charge >= 0.3 is 5.97 Å². The highest BCUT2D eigenvalue weighted by Crippen LogP contribution is 2.13. The van der Waals surface area contributed by atoms with Gasteiger partial charge in [-0.3, -0.25) is 4.79 Å². The average molecular weight is 281 g/mol. The second-order valence-electron chi connectivity index (χ2n) is 4.22. The van der Waals surface area contributed by atoms with Crippen LogP contribution in [0.5, 0.6) is 0 Å². The minimum atomic E-state index is -3.45. The number of aliphatic carboxylic acids is 1. The number of nitrogens with one attached hydrogen (secondary N) is 1. The van der Waals surface area contributed by atoms with Gasteiger partial charge in [0.05, 0.1) is 24.4 Å². The highest BCUT2D eigenvalue weighted by atomic mass is 32.2. The van der Waals surface area contributed by atoms with Crippen LogP contribution in [0.1, 0.15) is 19.3 Å². The van der Waals surface area contributed by atoms with E-state index in [-0.39, 0.29) is 24.8 Å². The maximum atomic E-state index is 11.7. The van der Waals surface area contributed by atoms with Gasteiger partial charge in [0.2, 0.25) is 10.0 Å². The SMILES string of the molecule is COC(CNS(=O)(=O)CC1CCCO1)CC(=O)O. The Morgan fingerprint density at radius 1 is 1.61 bits per heavy atom. The van der Waals surface area contributed by atoms with Gasteiger partial charge in [-0.15, -0.1) is 0 Å². The van der Waals surface area contributed by atoms with Gasteiger partial charge in [0.15, 0.2) is 0 Å². The van der Waals surface area contributed by atoms with Crippen molar-refractivity contribution >= 4 is 16.0 Å². The summed E-state index contributed by atoms with van der Waals surface area (Å²) >= 11 is 0. The van der Waals surface area contributed by atoms with Gasteiger partial charge in [-0.05, 0) is 12.8 Å². The van der Waals surface area contributed by atoms with E-state index in [1.54, 1.807) is 0 Å². The van der Waals surface area contributed by atoms with Crippen molar-refractivity contribution in [3.63, 3.8) is 0 Å². The molecule has 1 fully saturated rings. The van der Waals surface area contributed by atoms with E-state index in [1.807, 2.05) is 0 Å². The molecule has 1 aliphatic heterocycles. The Labute approximate surface area is 107 Å². The van der Waals surface area contributed by atoms with Crippen LogP contribution < -0.4 is 4.72 Å². The summed E-state index contributed by atoms with van der Waals surface area (Å²) in [5, 5.41) is 8.60. The first kappa shape index (κ1) is 15.4. The van der Waals surface area contributed by atoms with Gasteiger partial charge < -0.3 is 14.6 Å². The molecule has 1 heterocycles. The number of carboxylic acid groups (broad SMARTS) is 1. The van der Waals surface area contributed by atoms with Crippen molar-refractivity contribution in [2.45, 2.75) is 31.5 Å². The zero-order chi connectivity index (χ0) is 13.6. The zero-order valence-electron chi connectivity index (χ0n) is 10.3. The summed E-state index contributed by atoms with van der Waals surface area (Å²) < 4.78 is 35.9. The molecule has 0 bridgehead atoms. The fourth-order valence-corrected chi connectivity index (χ4v) is 3.04. The molecule has 0 aromatic rings. The van der Waals surface area contributed by atoms with Gasteiger partial charge in [0.25, 0.3) is 0 Å². The minimum absolute atomic E-state index is 0.0438. The molecule has 0 radical (unpaired) electrons. The Balaban J connectivity index is 2.37. The number of methoxy groups -OCH3 is 1. The van der Waals surface area contributed by atoms with Crippen molar-refractivity contribution < 1.29 is 27.8 Å². The molecule has 0 aliphatic carbocycles. The van der Waals surface area contributed by atoms with Crippen molar-refractivity contribution in [3.05, 3.63) is 0 Å². The molecular weight excluding hydrogens is 262 g/mol. The summed E-state index contributed by atoms with van der Waals surface area (Å²) in [6, 6.07) is 0. The molecule has 1 saturated heterocycles. The summed E-state index contributed by atoms with van der Waals surface area (Å²) in [4.78, 5) is 10.5. The van der Waals surface area contributed by atoms with Gasteiger partial charge in [-0.2, -0.15) is 0 Å². The Morgan fingerprint density at radius 2 is 2.33 bits per heavy atom. The number of carboxylic acids is 1. The number of sulfonamides is 1. The first-order valence-electron chi connectivity index (χ1n) is 5.76. The highest BCUT2D eigenvalue weighted by molar-refractivity contribution is 7.89. The molecule has 0 amide bonds. The maximum Gasteiger partial charge on any atom is 0.306 e. The van der Waals surface area contributed by atoms with Gasteiger partial charge in [-0.1, -0.05) is 0 Å². The number of ether oxygens (including phenoxy) is 2. The smallest absolute Gasteiger partial charge is 0.306 e. The summed E-state index contributed by atoms with van der Waals surface area (Å²) in [6.45, 7) is 0.553. The lowest BCUT2D eigenvalue weighted by atomic mass is 10.2. The van der Waals surface area contributed by atoms with E-state index in [2.05, 4.69) is 4.72 Å². The van der Waals surface area contributed by atoms with Crippen molar-refractivity contribution in [1.29, 1.82) is 0 Å². The lowest BCUT2D eigenvalue weighted by Gasteiger charge is -2.15. The summed E-state index contributed by atoms with van der Waals surface area (Å²) in [5.74, 6) is -1.11. The third-order valence-corrected chi connectivity index (χ3v) is 4.11. The van der Waals surface area contributed by atoms with Crippen LogP contribution in [0.3, 0.4) is 0 Å². The number of rotatable bonds is 8. The topological polar surface area (TPSA) is 102 Å². The Bertz CT molecular complexity index is 363. The van der Waals surface area contributed by atoms with E-state index in [0.717, 1.165) is 12.8 Å². The minimum Gasteiger partial charge on any atom is -0.481 e. The molecule has 1 aliphatic rings. The van der Waals surface area contributed by atoms with Gasteiger partial charge in [0.1, 0.15) is 0 Å². The quantitative estimate of drug-likeness (QED) is 0.626. The van der Waals surface area contributed by atoms with Crippen LogP contribution in [0.15, 0.2) is 0 Å². The van der Waals surface area contributed by atoms with Crippen molar-refractivity contribution in [3.8, 4) is 0 Å². The molecule has 0 saturated carbocycles. The molecular formula is C10H19NO6S. The third-order valence-electron chi connectivity index (χ3n) is 2.70. The Kier molecular flexibility index (Phi) is 6.00. The second-order valence-corrected chi connectivity index (χ2v) is 6.07. The molecule has 2 N–H and O–H groups in total. The molecule has 2 unspecified atom stereocenters. The van der Waals surface area contributed by atoms with E-state index in [1.165, 1.54) is 7.11 Å². The average Bonchev–Trinajstić information content (AvgIpc) is 2.75. The van der Waals surface area contributed by atoms with E-state index in [4.69, 9.17) is 14.6 Å². The first-order chi connectivity index (χ1) is 8.43. The highest BCUT2D eigenvalue weighted by Gasteiger charge is 2.24. The molecule has 0 aromatic heterocycles. The number of carbonyl (C=O) groups is 1. The van der Waals surface area contributed by atoms with E-state index >= 15 is 0 Å². The van der Waals surface area contributed by atoms with Crippen LogP contribution in [0.25, 0.3) is 0 Å². The second kappa shape index (κ2) is 7.03. The van der Waals surface area contributed by atoms with E-state index in [0.29, 0.717) is 6.61 Å². The molecule has 0 aromatic carbocycles. The van der Waals surface area contributed by atoms with Crippen LogP contribution in [0, 0.1) is 0 Å². The first-order valence-corrected chi connectivity index (χ1v) is 7.41. The third kappa shape index (κ3) is 5.76. The predicted molar refractivity (Wildman–Crippen MR) is 63.8 cm³/mol. The molecule has 106 valence electrons. The number of hydrogen-bond acceptors (Lipinski definition) is 5. The molecule has 2 atom stereocenters. The largest absolute Gasteiger partial charge is 0.481 e. The Morgan fingerprint density at radius 3 is 2.83 bits per heavy atom. The molecule has 7 nitrogen and oxygen atoms in total. The summed E-state index contributed by atoms with van der Waals surface area (Å²) in [5.41, 5.74) is 0. The summed E-state index contributed by atoms with van der Waals surface area (Å²) in [6.07, 6.45) is 0.451. The van der Waals surface area contributed by atoms with Gasteiger partial charge in [-0.25, -0.2) is 13.1 Å². The maximum absolute atomic E-state index is 11.7. The van der Waals surface area contributed by atoms with Crippen LogP contribution in [-0.2, 0) is 24.3 Å². The molecule has 1 rings (SSSR count). The monoisotopic (exact) mass is 281 g/mol. The van der Waals surface area contributed by atoms with Crippen molar-refractivity contribution in [2.24, 2.45) is 0 Å². The Hall–Kier alpha value is -0.700. The molecule has 0 spiro atoms. The normalized spacial score (nSPS) is 21.9. The van der Waals surface area contributed by atoms with Crippen LogP contribution >= 0.6 is 0 Å². The standard InChI is InChI=1S/C10H19NO6S/c1-16-9(5-10(12)13)6-11-18(14,15)7-8-3-2-4-17-8/h8-9,11H,2-7H2,1H3,(H,12,13). The number of hydrogen-bond donors (Lipinski definition) is 2. The van der Waals surface area contributed by atoms with Crippen LogP contribution in [0.2, 0.25) is 0 Å². The zero-order valence-corrected chi connectivity index (χ0v) is 11.1. The summed E-state index contributed by atoms with van der Waals surface area (Å²) in [7, 11) is -2.10. The van der Waals surface area contributed by atoms with Gasteiger partial charge in [0, 0.05) is 20.3 Å². The fraction of sp³-hybridized carbons (Fsp3) is 0.900. The lowest BCUT2D eigenvalue weighted by Crippen LogP contribution is -2.38. The van der Waals surface area contributed by atoms with Crippen molar-refractivity contribution in [2.75, 3.05) is 26.0 Å².